The number of nitrogens with zero attached hydrogens (tertiary/aromatic N) is 1. The molecule has 3 aromatic rings. The van der Waals surface area contributed by atoms with Crippen molar-refractivity contribution in [2.75, 3.05) is 12.3 Å². The lowest BCUT2D eigenvalue weighted by Gasteiger charge is -2.07. The first kappa shape index (κ1) is 16.7. The average molecular weight is 343 g/mol. The van der Waals surface area contributed by atoms with Crippen molar-refractivity contribution in [2.24, 2.45) is 0 Å². The van der Waals surface area contributed by atoms with Gasteiger partial charge in [-0.15, -0.1) is 0 Å². The molecule has 0 fully saturated rings. The standard InChI is InChI=1S/C18H21N3O2S/c22-24(23,12-4-7-15-5-2-1-3-6-15)21-11-10-16-8-9-17-18(13-16)20-14-19-17/h1-3,5-6,8-9,13-14,21H,4,7,10-12H2,(H,19,20). The van der Waals surface area contributed by atoms with Crippen molar-refractivity contribution in [2.45, 2.75) is 19.3 Å². The van der Waals surface area contributed by atoms with E-state index in [0.29, 0.717) is 19.4 Å². The number of H-pyrrole nitrogens is 1. The Balaban J connectivity index is 1.44. The van der Waals surface area contributed by atoms with E-state index >= 15 is 0 Å². The number of sulfonamides is 1. The van der Waals surface area contributed by atoms with E-state index < -0.39 is 10.0 Å². The summed E-state index contributed by atoms with van der Waals surface area (Å²) in [4.78, 5) is 7.23. The number of aryl methyl sites for hydroxylation is 1. The summed E-state index contributed by atoms with van der Waals surface area (Å²) < 4.78 is 26.8. The Kier molecular flexibility index (Phi) is 5.27. The zero-order valence-electron chi connectivity index (χ0n) is 13.4. The Hall–Kier alpha value is -2.18. The molecule has 2 aromatic carbocycles. The van der Waals surface area contributed by atoms with Crippen LogP contribution in [0.5, 0.6) is 0 Å². The lowest BCUT2D eigenvalue weighted by molar-refractivity contribution is 0.579. The van der Waals surface area contributed by atoms with Crippen LogP contribution in [0.25, 0.3) is 11.0 Å². The minimum absolute atomic E-state index is 0.154. The van der Waals surface area contributed by atoms with Gasteiger partial charge in [0, 0.05) is 6.54 Å². The maximum Gasteiger partial charge on any atom is 0.211 e. The van der Waals surface area contributed by atoms with Gasteiger partial charge in [-0.2, -0.15) is 0 Å². The van der Waals surface area contributed by atoms with Crippen LogP contribution in [0.4, 0.5) is 0 Å². The predicted molar refractivity (Wildman–Crippen MR) is 96.4 cm³/mol. The molecule has 24 heavy (non-hydrogen) atoms. The fourth-order valence-electron chi connectivity index (χ4n) is 2.67. The lowest BCUT2D eigenvalue weighted by atomic mass is 10.1. The molecule has 1 aromatic heterocycles. The summed E-state index contributed by atoms with van der Waals surface area (Å²) in [5.74, 6) is 0.154. The summed E-state index contributed by atoms with van der Waals surface area (Å²) in [6, 6.07) is 15.9. The van der Waals surface area contributed by atoms with Crippen molar-refractivity contribution in [1.29, 1.82) is 0 Å². The topological polar surface area (TPSA) is 74.8 Å². The van der Waals surface area contributed by atoms with Crippen LogP contribution in [0.1, 0.15) is 17.5 Å². The molecule has 2 N–H and O–H groups in total. The fourth-order valence-corrected chi connectivity index (χ4v) is 3.75. The number of imidazole rings is 1. The molecule has 0 aliphatic heterocycles. The Morgan fingerprint density at radius 2 is 1.83 bits per heavy atom. The molecule has 0 amide bonds. The Bertz CT molecular complexity index is 889. The summed E-state index contributed by atoms with van der Waals surface area (Å²) in [5, 5.41) is 0. The minimum atomic E-state index is -3.22. The van der Waals surface area contributed by atoms with Gasteiger partial charge in [-0.1, -0.05) is 36.4 Å². The highest BCUT2D eigenvalue weighted by Gasteiger charge is 2.09. The van der Waals surface area contributed by atoms with Crippen molar-refractivity contribution < 1.29 is 8.42 Å². The van der Waals surface area contributed by atoms with E-state index in [1.165, 1.54) is 5.56 Å². The van der Waals surface area contributed by atoms with Gasteiger partial charge in [0.05, 0.1) is 23.1 Å². The molecule has 0 spiro atoms. The summed E-state index contributed by atoms with van der Waals surface area (Å²) in [6.45, 7) is 0.410. The first-order chi connectivity index (χ1) is 11.6. The number of rotatable bonds is 8. The van der Waals surface area contributed by atoms with Gasteiger partial charge in [0.15, 0.2) is 0 Å². The maximum absolute atomic E-state index is 12.1. The smallest absolute Gasteiger partial charge is 0.211 e. The molecule has 0 aliphatic carbocycles. The first-order valence-electron chi connectivity index (χ1n) is 8.06. The van der Waals surface area contributed by atoms with Gasteiger partial charge in [-0.25, -0.2) is 18.1 Å². The molecular weight excluding hydrogens is 322 g/mol. The molecule has 0 unspecified atom stereocenters. The van der Waals surface area contributed by atoms with Gasteiger partial charge in [0.2, 0.25) is 10.0 Å². The van der Waals surface area contributed by atoms with Crippen LogP contribution in [-0.2, 0) is 22.9 Å². The highest BCUT2D eigenvalue weighted by atomic mass is 32.2. The molecular formula is C18H21N3O2S. The second-order valence-electron chi connectivity index (χ2n) is 5.81. The second-order valence-corrected chi connectivity index (χ2v) is 7.73. The van der Waals surface area contributed by atoms with Crippen molar-refractivity contribution in [3.8, 4) is 0 Å². The minimum Gasteiger partial charge on any atom is -0.345 e. The van der Waals surface area contributed by atoms with E-state index in [1.807, 2.05) is 48.5 Å². The van der Waals surface area contributed by atoms with Gasteiger partial charge in [0.25, 0.3) is 0 Å². The molecule has 0 saturated heterocycles. The number of fused-ring (bicyclic) bond motifs is 1. The van der Waals surface area contributed by atoms with Crippen LogP contribution >= 0.6 is 0 Å². The second kappa shape index (κ2) is 7.59. The number of aromatic nitrogens is 2. The summed E-state index contributed by atoms with van der Waals surface area (Å²) >= 11 is 0. The van der Waals surface area contributed by atoms with Crippen molar-refractivity contribution >= 4 is 21.1 Å². The molecule has 3 rings (SSSR count). The quantitative estimate of drug-likeness (QED) is 0.660. The largest absolute Gasteiger partial charge is 0.345 e. The van der Waals surface area contributed by atoms with E-state index in [4.69, 9.17) is 0 Å². The molecule has 126 valence electrons. The predicted octanol–water partition coefficient (Wildman–Crippen LogP) is 2.66. The van der Waals surface area contributed by atoms with Crippen molar-refractivity contribution in [3.05, 3.63) is 66.0 Å². The normalized spacial score (nSPS) is 11.8. The van der Waals surface area contributed by atoms with Crippen molar-refractivity contribution in [1.82, 2.24) is 14.7 Å². The van der Waals surface area contributed by atoms with Crippen LogP contribution in [-0.4, -0.2) is 30.7 Å². The SMILES string of the molecule is O=S(=O)(CCCc1ccccc1)NCCc1ccc2nc[nH]c2c1. The van der Waals surface area contributed by atoms with E-state index in [0.717, 1.165) is 23.0 Å². The molecule has 0 aliphatic rings. The van der Waals surface area contributed by atoms with Gasteiger partial charge >= 0.3 is 0 Å². The third-order valence-corrected chi connectivity index (χ3v) is 5.41. The van der Waals surface area contributed by atoms with E-state index in [1.54, 1.807) is 6.33 Å². The Labute approximate surface area is 142 Å². The number of hydrogen-bond donors (Lipinski definition) is 2. The zero-order chi connectivity index (χ0) is 16.8. The summed E-state index contributed by atoms with van der Waals surface area (Å²) in [6.07, 6.45) is 3.72. The lowest BCUT2D eigenvalue weighted by Crippen LogP contribution is -2.28. The zero-order valence-corrected chi connectivity index (χ0v) is 14.2. The average Bonchev–Trinajstić information content (AvgIpc) is 3.03. The molecule has 1 heterocycles. The number of hydrogen-bond acceptors (Lipinski definition) is 3. The summed E-state index contributed by atoms with van der Waals surface area (Å²) in [7, 11) is -3.22. The highest BCUT2D eigenvalue weighted by Crippen LogP contribution is 2.12. The third kappa shape index (κ3) is 4.66. The Morgan fingerprint density at radius 1 is 1.00 bits per heavy atom. The van der Waals surface area contributed by atoms with Crippen LogP contribution in [0.3, 0.4) is 0 Å². The molecule has 6 heteroatoms. The van der Waals surface area contributed by atoms with E-state index in [-0.39, 0.29) is 5.75 Å². The van der Waals surface area contributed by atoms with E-state index in [9.17, 15) is 8.42 Å². The van der Waals surface area contributed by atoms with Gasteiger partial charge in [-0.3, -0.25) is 0 Å². The Morgan fingerprint density at radius 3 is 2.67 bits per heavy atom. The van der Waals surface area contributed by atoms with Crippen LogP contribution < -0.4 is 4.72 Å². The van der Waals surface area contributed by atoms with Gasteiger partial charge in [0.1, 0.15) is 0 Å². The summed E-state index contributed by atoms with van der Waals surface area (Å²) in [5.41, 5.74) is 4.14. The fraction of sp³-hybridized carbons (Fsp3) is 0.278. The number of aromatic amines is 1. The van der Waals surface area contributed by atoms with Crippen LogP contribution in [0.2, 0.25) is 0 Å². The van der Waals surface area contributed by atoms with Gasteiger partial charge < -0.3 is 4.98 Å². The maximum atomic E-state index is 12.1. The third-order valence-electron chi connectivity index (χ3n) is 3.94. The molecule has 5 nitrogen and oxygen atoms in total. The van der Waals surface area contributed by atoms with Gasteiger partial charge in [-0.05, 0) is 42.5 Å². The molecule has 0 radical (unpaired) electrons. The monoisotopic (exact) mass is 343 g/mol. The number of nitrogens with one attached hydrogen (secondary N) is 2. The highest BCUT2D eigenvalue weighted by molar-refractivity contribution is 7.89. The number of benzene rings is 2. The van der Waals surface area contributed by atoms with Crippen LogP contribution in [0, 0.1) is 0 Å². The van der Waals surface area contributed by atoms with E-state index in [2.05, 4.69) is 14.7 Å². The molecule has 0 atom stereocenters. The first-order valence-corrected chi connectivity index (χ1v) is 9.71. The molecule has 0 bridgehead atoms. The molecule has 0 saturated carbocycles. The van der Waals surface area contributed by atoms with Crippen molar-refractivity contribution in [3.63, 3.8) is 0 Å². The van der Waals surface area contributed by atoms with Crippen LogP contribution in [0.15, 0.2) is 54.9 Å².